The average molecular weight is 270 g/mol. The minimum absolute atomic E-state index is 0.566. The van der Waals surface area contributed by atoms with Gasteiger partial charge in [0.15, 0.2) is 5.82 Å². The first-order chi connectivity index (χ1) is 9.80. The second kappa shape index (κ2) is 5.56. The molecule has 1 aliphatic carbocycles. The number of nitrogens with two attached hydrogens (primary N) is 1. The van der Waals surface area contributed by atoms with Crippen LogP contribution in [0, 0.1) is 0 Å². The van der Waals surface area contributed by atoms with Crippen LogP contribution < -0.4 is 11.3 Å². The maximum absolute atomic E-state index is 5.49. The maximum Gasteiger partial charge on any atom is 0.161 e. The van der Waals surface area contributed by atoms with Crippen molar-refractivity contribution in [1.29, 1.82) is 0 Å². The highest BCUT2D eigenvalue weighted by Gasteiger charge is 2.26. The second-order valence-corrected chi connectivity index (χ2v) is 5.05. The highest BCUT2D eigenvalue weighted by molar-refractivity contribution is 5.58. The van der Waals surface area contributed by atoms with Crippen LogP contribution in [0.1, 0.15) is 30.0 Å². The van der Waals surface area contributed by atoms with E-state index >= 15 is 0 Å². The number of anilines is 1. The Balaban J connectivity index is 1.93. The van der Waals surface area contributed by atoms with E-state index in [1.165, 1.54) is 12.8 Å². The van der Waals surface area contributed by atoms with Crippen molar-refractivity contribution in [2.24, 2.45) is 5.84 Å². The number of hydrogen-bond acceptors (Lipinski definition) is 5. The summed E-state index contributed by atoms with van der Waals surface area (Å²) in [6.07, 6.45) is 2.40. The lowest BCUT2D eigenvalue weighted by Crippen LogP contribution is -2.10. The number of methoxy groups -OCH3 is 1. The number of nitrogens with zero attached hydrogens (tertiary/aromatic N) is 2. The van der Waals surface area contributed by atoms with Crippen LogP contribution in [-0.2, 0) is 11.3 Å². The van der Waals surface area contributed by atoms with Gasteiger partial charge in [0.2, 0.25) is 0 Å². The summed E-state index contributed by atoms with van der Waals surface area (Å²) in [5.74, 6) is 7.44. The Hall–Kier alpha value is -1.98. The second-order valence-electron chi connectivity index (χ2n) is 5.05. The summed E-state index contributed by atoms with van der Waals surface area (Å²) in [4.78, 5) is 9.08. The van der Waals surface area contributed by atoms with Gasteiger partial charge in [-0.1, -0.05) is 24.3 Å². The third-order valence-corrected chi connectivity index (χ3v) is 3.41. The molecule has 0 bridgehead atoms. The predicted molar refractivity (Wildman–Crippen MR) is 78.0 cm³/mol. The van der Waals surface area contributed by atoms with Crippen LogP contribution in [0.5, 0.6) is 0 Å². The summed E-state index contributed by atoms with van der Waals surface area (Å²) >= 11 is 0. The molecule has 0 atom stereocenters. The zero-order valence-electron chi connectivity index (χ0n) is 11.5. The summed E-state index contributed by atoms with van der Waals surface area (Å²) in [5, 5.41) is 0. The monoisotopic (exact) mass is 270 g/mol. The molecule has 104 valence electrons. The van der Waals surface area contributed by atoms with Crippen LogP contribution in [-0.4, -0.2) is 17.1 Å². The van der Waals surface area contributed by atoms with E-state index in [1.807, 2.05) is 30.3 Å². The van der Waals surface area contributed by atoms with E-state index in [2.05, 4.69) is 15.4 Å². The summed E-state index contributed by atoms with van der Waals surface area (Å²) in [6, 6.07) is 10.0. The van der Waals surface area contributed by atoms with Gasteiger partial charge < -0.3 is 10.2 Å². The smallest absolute Gasteiger partial charge is 0.161 e. The van der Waals surface area contributed by atoms with Crippen LogP contribution in [0.15, 0.2) is 30.3 Å². The molecular weight excluding hydrogens is 252 g/mol. The molecule has 0 aliphatic heterocycles. The van der Waals surface area contributed by atoms with Crippen LogP contribution in [0.2, 0.25) is 0 Å². The Labute approximate surface area is 118 Å². The third kappa shape index (κ3) is 2.79. The van der Waals surface area contributed by atoms with Gasteiger partial charge in [0.05, 0.1) is 6.61 Å². The molecule has 3 rings (SSSR count). The minimum Gasteiger partial charge on any atom is -0.380 e. The lowest BCUT2D eigenvalue weighted by molar-refractivity contribution is 0.185. The van der Waals surface area contributed by atoms with Crippen molar-refractivity contribution < 1.29 is 4.74 Å². The summed E-state index contributed by atoms with van der Waals surface area (Å²) in [6.45, 7) is 0.610. The van der Waals surface area contributed by atoms with Crippen molar-refractivity contribution in [2.75, 3.05) is 12.5 Å². The lowest BCUT2D eigenvalue weighted by Gasteiger charge is -2.08. The number of hydrazine groups is 1. The fourth-order valence-electron chi connectivity index (χ4n) is 2.17. The van der Waals surface area contributed by atoms with Crippen LogP contribution in [0.4, 0.5) is 5.82 Å². The summed E-state index contributed by atoms with van der Waals surface area (Å²) in [5.41, 5.74) is 5.81. The number of rotatable bonds is 5. The Morgan fingerprint density at radius 3 is 2.60 bits per heavy atom. The highest BCUT2D eigenvalue weighted by Crippen LogP contribution is 2.40. The standard InChI is InChI=1S/C15H18N4O/c1-20-9-10-2-4-12(5-3-10)15-17-13(11-6-7-11)8-14(18-15)19-16/h2-5,8,11H,6-7,9,16H2,1H3,(H,17,18,19). The van der Waals surface area contributed by atoms with Gasteiger partial charge in [-0.2, -0.15) is 0 Å². The molecule has 1 heterocycles. The number of aromatic nitrogens is 2. The number of ether oxygens (including phenoxy) is 1. The van der Waals surface area contributed by atoms with Crippen LogP contribution >= 0.6 is 0 Å². The van der Waals surface area contributed by atoms with Gasteiger partial charge in [0, 0.05) is 30.4 Å². The van der Waals surface area contributed by atoms with E-state index in [0.717, 1.165) is 16.8 Å². The molecule has 0 spiro atoms. The Kier molecular flexibility index (Phi) is 3.62. The molecule has 0 amide bonds. The van der Waals surface area contributed by atoms with Gasteiger partial charge in [-0.05, 0) is 18.4 Å². The van der Waals surface area contributed by atoms with Gasteiger partial charge in [0.25, 0.3) is 0 Å². The molecule has 3 N–H and O–H groups in total. The van der Waals surface area contributed by atoms with Crippen molar-refractivity contribution >= 4 is 5.82 Å². The van der Waals surface area contributed by atoms with Gasteiger partial charge >= 0.3 is 0 Å². The van der Waals surface area contributed by atoms with E-state index in [0.29, 0.717) is 24.2 Å². The predicted octanol–water partition coefficient (Wildman–Crippen LogP) is 2.45. The van der Waals surface area contributed by atoms with Gasteiger partial charge in [0.1, 0.15) is 5.82 Å². The van der Waals surface area contributed by atoms with Crippen molar-refractivity contribution in [1.82, 2.24) is 9.97 Å². The van der Waals surface area contributed by atoms with Crippen LogP contribution in [0.3, 0.4) is 0 Å². The molecule has 1 aliphatic rings. The lowest BCUT2D eigenvalue weighted by atomic mass is 10.1. The highest BCUT2D eigenvalue weighted by atomic mass is 16.5. The van der Waals surface area contributed by atoms with E-state index in [-0.39, 0.29) is 0 Å². The molecule has 1 saturated carbocycles. The SMILES string of the molecule is COCc1ccc(-c2nc(NN)cc(C3CC3)n2)cc1. The number of hydrogen-bond donors (Lipinski definition) is 2. The fourth-order valence-corrected chi connectivity index (χ4v) is 2.17. The molecular formula is C15H18N4O. The Morgan fingerprint density at radius 2 is 2.00 bits per heavy atom. The Morgan fingerprint density at radius 1 is 1.25 bits per heavy atom. The van der Waals surface area contributed by atoms with Crippen molar-refractivity contribution in [2.45, 2.75) is 25.4 Å². The van der Waals surface area contributed by atoms with Crippen molar-refractivity contribution in [3.63, 3.8) is 0 Å². The molecule has 5 nitrogen and oxygen atoms in total. The van der Waals surface area contributed by atoms with Gasteiger partial charge in [-0.25, -0.2) is 15.8 Å². The minimum atomic E-state index is 0.566. The normalized spacial score (nSPS) is 14.3. The molecule has 1 aromatic carbocycles. The number of benzene rings is 1. The molecule has 20 heavy (non-hydrogen) atoms. The molecule has 1 aromatic heterocycles. The van der Waals surface area contributed by atoms with Gasteiger partial charge in [-0.3, -0.25) is 0 Å². The van der Waals surface area contributed by atoms with E-state index in [9.17, 15) is 0 Å². The first kappa shape index (κ1) is 13.0. The molecule has 0 radical (unpaired) electrons. The van der Waals surface area contributed by atoms with Gasteiger partial charge in [-0.15, -0.1) is 0 Å². The number of nitrogen functional groups attached to an aromatic ring is 1. The molecule has 0 unspecified atom stereocenters. The third-order valence-electron chi connectivity index (χ3n) is 3.41. The maximum atomic E-state index is 5.49. The quantitative estimate of drug-likeness (QED) is 0.645. The van der Waals surface area contributed by atoms with E-state index in [4.69, 9.17) is 10.6 Å². The van der Waals surface area contributed by atoms with Crippen molar-refractivity contribution in [3.05, 3.63) is 41.6 Å². The summed E-state index contributed by atoms with van der Waals surface area (Å²) in [7, 11) is 1.69. The topological polar surface area (TPSA) is 73.1 Å². The Bertz CT molecular complexity index is 593. The van der Waals surface area contributed by atoms with E-state index in [1.54, 1.807) is 7.11 Å². The first-order valence-corrected chi connectivity index (χ1v) is 6.74. The van der Waals surface area contributed by atoms with E-state index < -0.39 is 0 Å². The molecule has 5 heteroatoms. The largest absolute Gasteiger partial charge is 0.380 e. The summed E-state index contributed by atoms with van der Waals surface area (Å²) < 4.78 is 5.11. The zero-order valence-corrected chi connectivity index (χ0v) is 11.5. The number of nitrogens with one attached hydrogen (secondary N) is 1. The van der Waals surface area contributed by atoms with Crippen molar-refractivity contribution in [3.8, 4) is 11.4 Å². The molecule has 0 saturated heterocycles. The fraction of sp³-hybridized carbons (Fsp3) is 0.333. The zero-order chi connectivity index (χ0) is 13.9. The first-order valence-electron chi connectivity index (χ1n) is 6.74. The average Bonchev–Trinajstić information content (AvgIpc) is 3.32. The molecule has 2 aromatic rings. The van der Waals surface area contributed by atoms with Crippen LogP contribution in [0.25, 0.3) is 11.4 Å². The molecule has 1 fully saturated rings.